The van der Waals surface area contributed by atoms with E-state index in [4.69, 9.17) is 0 Å². The van der Waals surface area contributed by atoms with Crippen LogP contribution in [0.3, 0.4) is 0 Å². The summed E-state index contributed by atoms with van der Waals surface area (Å²) in [4.78, 5) is 16.1. The molecule has 1 aromatic heterocycles. The van der Waals surface area contributed by atoms with Gasteiger partial charge in [-0.15, -0.1) is 0 Å². The number of thioether (sulfide) groups is 1. The topological polar surface area (TPSA) is 42.0 Å². The van der Waals surface area contributed by atoms with Gasteiger partial charge in [0.15, 0.2) is 0 Å². The van der Waals surface area contributed by atoms with Gasteiger partial charge in [-0.05, 0) is 53.9 Å². The number of pyridine rings is 1. The molecule has 98 valence electrons. The fourth-order valence-electron chi connectivity index (χ4n) is 2.25. The minimum absolute atomic E-state index is 0.0172. The van der Waals surface area contributed by atoms with Crippen molar-refractivity contribution in [1.82, 2.24) is 10.3 Å². The normalized spacial score (nSPS) is 23.7. The fraction of sp³-hybridized carbons (Fsp3) is 0.538. The maximum absolute atomic E-state index is 12.0. The van der Waals surface area contributed by atoms with E-state index in [1.54, 1.807) is 18.5 Å². The Kier molecular flexibility index (Phi) is 5.06. The number of nitrogens with one attached hydrogen (secondary N) is 1. The molecule has 0 saturated heterocycles. The molecule has 3 nitrogen and oxygen atoms in total. The number of halogens is 1. The van der Waals surface area contributed by atoms with E-state index in [0.717, 1.165) is 22.6 Å². The molecule has 0 radical (unpaired) electrons. The molecule has 18 heavy (non-hydrogen) atoms. The highest BCUT2D eigenvalue weighted by molar-refractivity contribution is 9.10. The van der Waals surface area contributed by atoms with Gasteiger partial charge in [0.1, 0.15) is 0 Å². The Hall–Kier alpha value is -0.550. The first-order valence-corrected chi connectivity index (χ1v) is 8.21. The van der Waals surface area contributed by atoms with Crippen molar-refractivity contribution in [2.24, 2.45) is 0 Å². The zero-order valence-corrected chi connectivity index (χ0v) is 12.8. The van der Waals surface area contributed by atoms with Gasteiger partial charge in [0.2, 0.25) is 0 Å². The summed E-state index contributed by atoms with van der Waals surface area (Å²) in [7, 11) is 0. The molecule has 0 atom stereocenters. The maximum atomic E-state index is 12.0. The molecular weight excluding hydrogens is 312 g/mol. The van der Waals surface area contributed by atoms with Gasteiger partial charge in [-0.1, -0.05) is 0 Å². The molecule has 1 aromatic rings. The summed E-state index contributed by atoms with van der Waals surface area (Å²) in [5, 5.41) is 3.87. The van der Waals surface area contributed by atoms with Gasteiger partial charge in [-0.2, -0.15) is 11.8 Å². The second kappa shape index (κ2) is 6.57. The van der Waals surface area contributed by atoms with Gasteiger partial charge < -0.3 is 5.32 Å². The Morgan fingerprint density at radius 3 is 2.72 bits per heavy atom. The summed E-state index contributed by atoms with van der Waals surface area (Å²) in [5.74, 6) is -0.0172. The number of aromatic nitrogens is 1. The highest BCUT2D eigenvalue weighted by Crippen LogP contribution is 2.27. The van der Waals surface area contributed by atoms with E-state index in [1.807, 2.05) is 11.8 Å². The molecule has 2 rings (SSSR count). The van der Waals surface area contributed by atoms with Crippen LogP contribution < -0.4 is 5.32 Å². The van der Waals surface area contributed by atoms with Crippen LogP contribution in [-0.2, 0) is 0 Å². The van der Waals surface area contributed by atoms with E-state index in [9.17, 15) is 4.79 Å². The molecule has 1 saturated carbocycles. The highest BCUT2D eigenvalue weighted by atomic mass is 79.9. The van der Waals surface area contributed by atoms with Crippen LogP contribution in [0.5, 0.6) is 0 Å². The Labute approximate surface area is 120 Å². The monoisotopic (exact) mass is 328 g/mol. The van der Waals surface area contributed by atoms with Crippen LogP contribution in [0.2, 0.25) is 0 Å². The smallest absolute Gasteiger partial charge is 0.253 e. The third-order valence-electron chi connectivity index (χ3n) is 3.31. The molecule has 0 bridgehead atoms. The van der Waals surface area contributed by atoms with Gasteiger partial charge >= 0.3 is 0 Å². The van der Waals surface area contributed by atoms with Crippen molar-refractivity contribution >= 4 is 33.6 Å². The van der Waals surface area contributed by atoms with Crippen molar-refractivity contribution in [3.8, 4) is 0 Å². The summed E-state index contributed by atoms with van der Waals surface area (Å²) in [6, 6.07) is 2.12. The van der Waals surface area contributed by atoms with Crippen LogP contribution in [0.15, 0.2) is 22.9 Å². The average Bonchev–Trinajstić information content (AvgIpc) is 2.39. The highest BCUT2D eigenvalue weighted by Gasteiger charge is 2.22. The van der Waals surface area contributed by atoms with Crippen LogP contribution in [0.4, 0.5) is 0 Å². The molecule has 0 aromatic carbocycles. The average molecular weight is 329 g/mol. The zero-order chi connectivity index (χ0) is 13.0. The first-order valence-electron chi connectivity index (χ1n) is 6.13. The van der Waals surface area contributed by atoms with Crippen molar-refractivity contribution in [3.05, 3.63) is 28.5 Å². The number of hydrogen-bond donors (Lipinski definition) is 1. The van der Waals surface area contributed by atoms with E-state index >= 15 is 0 Å². The first kappa shape index (κ1) is 13.9. The molecule has 0 spiro atoms. The molecule has 1 aliphatic carbocycles. The molecule has 0 aliphatic heterocycles. The number of rotatable bonds is 3. The van der Waals surface area contributed by atoms with Crippen LogP contribution in [0.25, 0.3) is 0 Å². The standard InChI is InChI=1S/C13H17BrN2OS/c1-18-12-4-2-11(3-5-12)16-13(17)9-6-10(14)8-15-7-9/h6-8,11-12H,2-5H2,1H3,(H,16,17). The summed E-state index contributed by atoms with van der Waals surface area (Å²) >= 11 is 5.26. The number of carbonyl (C=O) groups excluding carboxylic acids is 1. The van der Waals surface area contributed by atoms with Crippen LogP contribution in [0, 0.1) is 0 Å². The van der Waals surface area contributed by atoms with E-state index in [2.05, 4.69) is 32.5 Å². The predicted octanol–water partition coefficient (Wildman–Crippen LogP) is 3.25. The Morgan fingerprint density at radius 1 is 1.39 bits per heavy atom. The third-order valence-corrected chi connectivity index (χ3v) is 4.88. The lowest BCUT2D eigenvalue weighted by Crippen LogP contribution is -2.38. The van der Waals surface area contributed by atoms with E-state index in [1.165, 1.54) is 12.8 Å². The van der Waals surface area contributed by atoms with Gasteiger partial charge in [-0.3, -0.25) is 9.78 Å². The maximum Gasteiger partial charge on any atom is 0.253 e. The summed E-state index contributed by atoms with van der Waals surface area (Å²) in [6.07, 6.45) is 10.0. The molecule has 1 heterocycles. The summed E-state index contributed by atoms with van der Waals surface area (Å²) in [5.41, 5.74) is 0.622. The van der Waals surface area contributed by atoms with Crippen molar-refractivity contribution in [2.75, 3.05) is 6.26 Å². The summed E-state index contributed by atoms with van der Waals surface area (Å²) < 4.78 is 0.834. The third kappa shape index (κ3) is 3.72. The van der Waals surface area contributed by atoms with Crippen molar-refractivity contribution in [1.29, 1.82) is 0 Å². The fourth-order valence-corrected chi connectivity index (χ4v) is 3.36. The van der Waals surface area contributed by atoms with Crippen LogP contribution in [0.1, 0.15) is 36.0 Å². The number of amides is 1. The SMILES string of the molecule is CSC1CCC(NC(=O)c2cncc(Br)c2)CC1. The van der Waals surface area contributed by atoms with E-state index < -0.39 is 0 Å². The minimum atomic E-state index is -0.0172. The lowest BCUT2D eigenvalue weighted by Gasteiger charge is -2.28. The Bertz CT molecular complexity index is 419. The number of hydrogen-bond acceptors (Lipinski definition) is 3. The van der Waals surface area contributed by atoms with Gasteiger partial charge in [0.05, 0.1) is 5.56 Å². The second-order valence-corrected chi connectivity index (χ2v) is 6.63. The van der Waals surface area contributed by atoms with E-state index in [0.29, 0.717) is 11.6 Å². The lowest BCUT2D eigenvalue weighted by molar-refractivity contribution is 0.0927. The molecule has 1 fully saturated rings. The summed E-state index contributed by atoms with van der Waals surface area (Å²) in [6.45, 7) is 0. The lowest BCUT2D eigenvalue weighted by atomic mass is 9.95. The minimum Gasteiger partial charge on any atom is -0.349 e. The van der Waals surface area contributed by atoms with Gasteiger partial charge in [0.25, 0.3) is 5.91 Å². The Balaban J connectivity index is 1.89. The molecule has 1 amide bonds. The van der Waals surface area contributed by atoms with Crippen LogP contribution in [-0.4, -0.2) is 28.4 Å². The van der Waals surface area contributed by atoms with Gasteiger partial charge in [0, 0.05) is 28.2 Å². The van der Waals surface area contributed by atoms with Crippen molar-refractivity contribution in [3.63, 3.8) is 0 Å². The largest absolute Gasteiger partial charge is 0.349 e. The Morgan fingerprint density at radius 2 is 2.11 bits per heavy atom. The van der Waals surface area contributed by atoms with Gasteiger partial charge in [-0.25, -0.2) is 0 Å². The molecule has 1 N–H and O–H groups in total. The van der Waals surface area contributed by atoms with E-state index in [-0.39, 0.29) is 5.91 Å². The second-order valence-electron chi connectivity index (χ2n) is 4.57. The predicted molar refractivity (Wildman–Crippen MR) is 79.0 cm³/mol. The van der Waals surface area contributed by atoms with Crippen molar-refractivity contribution in [2.45, 2.75) is 37.0 Å². The van der Waals surface area contributed by atoms with Crippen LogP contribution >= 0.6 is 27.7 Å². The molecule has 0 unspecified atom stereocenters. The molecule has 1 aliphatic rings. The molecular formula is C13H17BrN2OS. The first-order chi connectivity index (χ1) is 8.69. The number of carbonyl (C=O) groups is 1. The quantitative estimate of drug-likeness (QED) is 0.926. The zero-order valence-electron chi connectivity index (χ0n) is 10.4. The molecule has 5 heteroatoms. The van der Waals surface area contributed by atoms with Crippen molar-refractivity contribution < 1.29 is 4.79 Å². The number of nitrogens with zero attached hydrogens (tertiary/aromatic N) is 1.